The summed E-state index contributed by atoms with van der Waals surface area (Å²) in [6, 6.07) is 0. The van der Waals surface area contributed by atoms with E-state index in [0.717, 1.165) is 19.4 Å². The van der Waals surface area contributed by atoms with Crippen molar-refractivity contribution in [2.75, 3.05) is 25.0 Å². The molecule has 6 heteroatoms. The van der Waals surface area contributed by atoms with Crippen LogP contribution in [0, 0.1) is 0 Å². The van der Waals surface area contributed by atoms with Crippen LogP contribution in [0.4, 0.5) is 5.82 Å². The minimum absolute atomic E-state index is 0.215. The standard InChI is InChI=1S/C14H22N4O2/c1-2-16-13-10-15-9-12(18-13)14(19)17-7-8-20-11-5-3-4-6-11/h9-11H,2-8H2,1H3,(H,16,18)(H,17,19). The molecule has 1 aliphatic rings. The average molecular weight is 278 g/mol. The molecule has 1 aliphatic carbocycles. The Bertz CT molecular complexity index is 433. The predicted molar refractivity (Wildman–Crippen MR) is 76.7 cm³/mol. The van der Waals surface area contributed by atoms with Crippen LogP contribution in [0.15, 0.2) is 12.4 Å². The lowest BCUT2D eigenvalue weighted by molar-refractivity contribution is 0.0581. The summed E-state index contributed by atoms with van der Waals surface area (Å²) in [6.45, 7) is 3.77. The molecule has 1 fully saturated rings. The summed E-state index contributed by atoms with van der Waals surface area (Å²) < 4.78 is 5.69. The molecule has 110 valence electrons. The van der Waals surface area contributed by atoms with Crippen LogP contribution in [0.1, 0.15) is 43.1 Å². The molecule has 2 N–H and O–H groups in total. The zero-order chi connectivity index (χ0) is 14.2. The molecule has 0 saturated heterocycles. The van der Waals surface area contributed by atoms with E-state index in [-0.39, 0.29) is 5.91 Å². The SMILES string of the molecule is CCNc1cncc(C(=O)NCCOC2CCCC2)n1. The summed E-state index contributed by atoms with van der Waals surface area (Å²) in [5, 5.41) is 5.83. The van der Waals surface area contributed by atoms with Gasteiger partial charge in [0.25, 0.3) is 5.91 Å². The highest BCUT2D eigenvalue weighted by Gasteiger charge is 2.15. The number of rotatable bonds is 7. The highest BCUT2D eigenvalue weighted by atomic mass is 16.5. The van der Waals surface area contributed by atoms with Crippen molar-refractivity contribution in [3.05, 3.63) is 18.1 Å². The van der Waals surface area contributed by atoms with E-state index in [4.69, 9.17) is 4.74 Å². The van der Waals surface area contributed by atoms with Gasteiger partial charge in [0.2, 0.25) is 0 Å². The first-order valence-corrected chi connectivity index (χ1v) is 7.25. The number of hydrogen-bond acceptors (Lipinski definition) is 5. The number of ether oxygens (including phenoxy) is 1. The largest absolute Gasteiger partial charge is 0.376 e. The van der Waals surface area contributed by atoms with Gasteiger partial charge in [-0.2, -0.15) is 0 Å². The van der Waals surface area contributed by atoms with Crippen LogP contribution >= 0.6 is 0 Å². The maximum atomic E-state index is 11.9. The first-order chi connectivity index (χ1) is 9.79. The summed E-state index contributed by atoms with van der Waals surface area (Å²) in [4.78, 5) is 20.1. The summed E-state index contributed by atoms with van der Waals surface area (Å²) >= 11 is 0. The van der Waals surface area contributed by atoms with Crippen molar-refractivity contribution < 1.29 is 9.53 Å². The zero-order valence-corrected chi connectivity index (χ0v) is 11.9. The van der Waals surface area contributed by atoms with Gasteiger partial charge in [-0.1, -0.05) is 12.8 Å². The van der Waals surface area contributed by atoms with Crippen molar-refractivity contribution in [1.29, 1.82) is 0 Å². The van der Waals surface area contributed by atoms with Gasteiger partial charge >= 0.3 is 0 Å². The first kappa shape index (κ1) is 14.7. The molecule has 1 saturated carbocycles. The fourth-order valence-corrected chi connectivity index (χ4v) is 2.28. The Morgan fingerprint density at radius 3 is 2.95 bits per heavy atom. The van der Waals surface area contributed by atoms with Crippen LogP contribution < -0.4 is 10.6 Å². The normalized spacial score (nSPS) is 15.2. The molecule has 0 radical (unpaired) electrons. The fourth-order valence-electron chi connectivity index (χ4n) is 2.28. The van der Waals surface area contributed by atoms with E-state index in [1.807, 2.05) is 6.92 Å². The third-order valence-corrected chi connectivity index (χ3v) is 3.27. The van der Waals surface area contributed by atoms with Crippen LogP contribution in [-0.4, -0.2) is 41.7 Å². The maximum Gasteiger partial charge on any atom is 0.271 e. The van der Waals surface area contributed by atoms with Crippen LogP contribution in [0.2, 0.25) is 0 Å². The van der Waals surface area contributed by atoms with Crippen LogP contribution in [0.25, 0.3) is 0 Å². The second kappa shape index (κ2) is 7.79. The van der Waals surface area contributed by atoms with Crippen molar-refractivity contribution in [3.8, 4) is 0 Å². The number of hydrogen-bond donors (Lipinski definition) is 2. The molecule has 6 nitrogen and oxygen atoms in total. The Hall–Kier alpha value is -1.69. The molecule has 0 atom stereocenters. The number of nitrogens with zero attached hydrogens (tertiary/aromatic N) is 2. The second-order valence-electron chi connectivity index (χ2n) is 4.85. The van der Waals surface area contributed by atoms with Gasteiger partial charge < -0.3 is 15.4 Å². The van der Waals surface area contributed by atoms with Gasteiger partial charge in [-0.05, 0) is 19.8 Å². The molecular formula is C14H22N4O2. The Morgan fingerprint density at radius 1 is 1.40 bits per heavy atom. The van der Waals surface area contributed by atoms with Crippen LogP contribution in [0.3, 0.4) is 0 Å². The number of carbonyl (C=O) groups is 1. The zero-order valence-electron chi connectivity index (χ0n) is 11.9. The number of nitrogens with one attached hydrogen (secondary N) is 2. The lowest BCUT2D eigenvalue weighted by Gasteiger charge is -2.11. The topological polar surface area (TPSA) is 76.1 Å². The lowest BCUT2D eigenvalue weighted by atomic mass is 10.3. The van der Waals surface area contributed by atoms with Gasteiger partial charge in [-0.15, -0.1) is 0 Å². The average Bonchev–Trinajstić information content (AvgIpc) is 2.97. The van der Waals surface area contributed by atoms with E-state index in [2.05, 4.69) is 20.6 Å². The summed E-state index contributed by atoms with van der Waals surface area (Å²) in [6.07, 6.45) is 8.24. The van der Waals surface area contributed by atoms with Gasteiger partial charge in [0, 0.05) is 13.1 Å². The van der Waals surface area contributed by atoms with Gasteiger partial charge in [-0.25, -0.2) is 4.98 Å². The van der Waals surface area contributed by atoms with Crippen molar-refractivity contribution in [1.82, 2.24) is 15.3 Å². The lowest BCUT2D eigenvalue weighted by Crippen LogP contribution is -2.29. The van der Waals surface area contributed by atoms with E-state index in [9.17, 15) is 4.79 Å². The molecule has 1 heterocycles. The van der Waals surface area contributed by atoms with Crippen LogP contribution in [0.5, 0.6) is 0 Å². The molecule has 1 amide bonds. The second-order valence-corrected chi connectivity index (χ2v) is 4.85. The Morgan fingerprint density at radius 2 is 2.20 bits per heavy atom. The predicted octanol–water partition coefficient (Wildman–Crippen LogP) is 1.60. The van der Waals surface area contributed by atoms with Crippen molar-refractivity contribution in [2.24, 2.45) is 0 Å². The third kappa shape index (κ3) is 4.45. The number of carbonyl (C=O) groups excluding carboxylic acids is 1. The first-order valence-electron chi connectivity index (χ1n) is 7.25. The van der Waals surface area contributed by atoms with Gasteiger partial charge in [-0.3, -0.25) is 9.78 Å². The molecule has 1 aromatic heterocycles. The Balaban J connectivity index is 1.72. The number of anilines is 1. The molecule has 0 unspecified atom stereocenters. The monoisotopic (exact) mass is 278 g/mol. The molecule has 1 aromatic rings. The van der Waals surface area contributed by atoms with Crippen molar-refractivity contribution in [2.45, 2.75) is 38.7 Å². The molecular weight excluding hydrogens is 256 g/mol. The highest BCUT2D eigenvalue weighted by molar-refractivity contribution is 5.92. The van der Waals surface area contributed by atoms with Gasteiger partial charge in [0.15, 0.2) is 0 Å². The summed E-state index contributed by atoms with van der Waals surface area (Å²) in [5.74, 6) is 0.398. The highest BCUT2D eigenvalue weighted by Crippen LogP contribution is 2.20. The van der Waals surface area contributed by atoms with Gasteiger partial charge in [0.05, 0.1) is 25.1 Å². The molecule has 0 aromatic carbocycles. The third-order valence-electron chi connectivity index (χ3n) is 3.27. The smallest absolute Gasteiger partial charge is 0.271 e. The van der Waals surface area contributed by atoms with E-state index >= 15 is 0 Å². The Kier molecular flexibility index (Phi) is 5.73. The molecule has 20 heavy (non-hydrogen) atoms. The maximum absolute atomic E-state index is 11.9. The molecule has 0 spiro atoms. The molecule has 0 aliphatic heterocycles. The fraction of sp³-hybridized carbons (Fsp3) is 0.643. The quantitative estimate of drug-likeness (QED) is 0.741. The molecule has 0 bridgehead atoms. The minimum atomic E-state index is -0.215. The Labute approximate surface area is 119 Å². The summed E-state index contributed by atoms with van der Waals surface area (Å²) in [5.41, 5.74) is 0.323. The van der Waals surface area contributed by atoms with Gasteiger partial charge in [0.1, 0.15) is 11.5 Å². The number of amides is 1. The van der Waals surface area contributed by atoms with Crippen molar-refractivity contribution in [3.63, 3.8) is 0 Å². The number of aromatic nitrogens is 2. The van der Waals surface area contributed by atoms with E-state index in [1.54, 1.807) is 6.20 Å². The minimum Gasteiger partial charge on any atom is -0.376 e. The van der Waals surface area contributed by atoms with E-state index in [0.29, 0.717) is 30.8 Å². The van der Waals surface area contributed by atoms with Crippen LogP contribution in [-0.2, 0) is 4.74 Å². The van der Waals surface area contributed by atoms with E-state index in [1.165, 1.54) is 19.0 Å². The molecule has 2 rings (SSSR count). The van der Waals surface area contributed by atoms with Crippen molar-refractivity contribution >= 4 is 11.7 Å². The van der Waals surface area contributed by atoms with E-state index < -0.39 is 0 Å². The summed E-state index contributed by atoms with van der Waals surface area (Å²) in [7, 11) is 0.